The van der Waals surface area contributed by atoms with Crippen molar-refractivity contribution < 1.29 is 26.3 Å². The lowest BCUT2D eigenvalue weighted by atomic mass is 10.3. The maximum atomic E-state index is 12.5. The van der Waals surface area contributed by atoms with Crippen molar-refractivity contribution >= 4 is 15.7 Å². The number of alkyl halides is 3. The molecule has 2 rings (SSSR count). The molecule has 0 saturated heterocycles. The highest BCUT2D eigenvalue weighted by atomic mass is 32.2. The molecule has 1 aliphatic rings. The lowest BCUT2D eigenvalue weighted by molar-refractivity contribution is -0.141. The van der Waals surface area contributed by atoms with Crippen molar-refractivity contribution in [3.05, 3.63) is 18.0 Å². The van der Waals surface area contributed by atoms with E-state index < -0.39 is 21.9 Å². The van der Waals surface area contributed by atoms with Gasteiger partial charge in [0, 0.05) is 0 Å². The summed E-state index contributed by atoms with van der Waals surface area (Å²) in [6.07, 6.45) is -1.42. The van der Waals surface area contributed by atoms with Gasteiger partial charge in [-0.15, -0.1) is 0 Å². The van der Waals surface area contributed by atoms with Gasteiger partial charge < -0.3 is 4.74 Å². The van der Waals surface area contributed by atoms with Crippen LogP contribution in [0.25, 0.3) is 0 Å². The van der Waals surface area contributed by atoms with E-state index in [4.69, 9.17) is 4.74 Å². The van der Waals surface area contributed by atoms with Gasteiger partial charge >= 0.3 is 6.18 Å². The molecule has 9 heteroatoms. The maximum Gasteiger partial charge on any atom is 0.433 e. The summed E-state index contributed by atoms with van der Waals surface area (Å²) in [5.41, 5.74) is -1.43. The monoisotopic (exact) mass is 296 g/mol. The Labute approximate surface area is 107 Å². The summed E-state index contributed by atoms with van der Waals surface area (Å²) in [5, 5.41) is 0. The quantitative estimate of drug-likeness (QED) is 0.923. The second-order valence-electron chi connectivity index (χ2n) is 4.25. The van der Waals surface area contributed by atoms with Gasteiger partial charge in [-0.3, -0.25) is 4.72 Å². The Kier molecular flexibility index (Phi) is 3.33. The highest BCUT2D eigenvalue weighted by Gasteiger charge is 2.34. The lowest BCUT2D eigenvalue weighted by Crippen LogP contribution is -2.14. The van der Waals surface area contributed by atoms with Gasteiger partial charge in [-0.1, -0.05) is 0 Å². The van der Waals surface area contributed by atoms with Gasteiger partial charge in [0.2, 0.25) is 10.0 Å². The third-order valence-electron chi connectivity index (χ3n) is 2.27. The van der Waals surface area contributed by atoms with Crippen LogP contribution in [0.3, 0.4) is 0 Å². The number of sulfonamides is 1. The van der Waals surface area contributed by atoms with Crippen molar-refractivity contribution in [1.82, 2.24) is 4.98 Å². The Bertz CT molecular complexity index is 582. The van der Waals surface area contributed by atoms with Crippen molar-refractivity contribution in [3.63, 3.8) is 0 Å². The number of ether oxygens (including phenoxy) is 1. The Balaban J connectivity index is 2.37. The molecular weight excluding hydrogens is 285 g/mol. The average molecular weight is 296 g/mol. The third kappa shape index (κ3) is 3.98. The Morgan fingerprint density at radius 1 is 1.42 bits per heavy atom. The number of hydrogen-bond donors (Lipinski definition) is 1. The van der Waals surface area contributed by atoms with E-state index in [0.717, 1.165) is 25.3 Å². The smallest absolute Gasteiger partial charge is 0.433 e. The number of rotatable bonds is 4. The predicted octanol–water partition coefficient (Wildman–Crippen LogP) is 2.01. The van der Waals surface area contributed by atoms with Gasteiger partial charge in [0.15, 0.2) is 5.75 Å². The molecule has 0 atom stereocenters. The molecule has 1 aliphatic carbocycles. The van der Waals surface area contributed by atoms with Gasteiger partial charge in [0.1, 0.15) is 5.69 Å². The summed E-state index contributed by atoms with van der Waals surface area (Å²) in [4.78, 5) is 3.24. The minimum Gasteiger partial charge on any atom is -0.487 e. The fourth-order valence-corrected chi connectivity index (χ4v) is 1.90. The fourth-order valence-electron chi connectivity index (χ4n) is 1.34. The molecule has 0 bridgehead atoms. The number of hydrogen-bond acceptors (Lipinski definition) is 4. The van der Waals surface area contributed by atoms with Gasteiger partial charge in [0.25, 0.3) is 0 Å². The largest absolute Gasteiger partial charge is 0.487 e. The van der Waals surface area contributed by atoms with E-state index in [2.05, 4.69) is 4.98 Å². The summed E-state index contributed by atoms with van der Waals surface area (Å²) in [7, 11) is -3.70. The van der Waals surface area contributed by atoms with E-state index in [-0.39, 0.29) is 17.5 Å². The molecule has 1 N–H and O–H groups in total. The van der Waals surface area contributed by atoms with Crippen LogP contribution in [-0.2, 0) is 16.2 Å². The molecular formula is C10H11F3N2O3S. The highest BCUT2D eigenvalue weighted by Crippen LogP contribution is 2.36. The van der Waals surface area contributed by atoms with E-state index in [9.17, 15) is 21.6 Å². The number of anilines is 1. The van der Waals surface area contributed by atoms with Crippen LogP contribution in [0.5, 0.6) is 5.75 Å². The third-order valence-corrected chi connectivity index (χ3v) is 2.86. The highest BCUT2D eigenvalue weighted by molar-refractivity contribution is 7.92. The zero-order valence-corrected chi connectivity index (χ0v) is 10.7. The molecule has 0 unspecified atom stereocenters. The fraction of sp³-hybridized carbons (Fsp3) is 0.500. The van der Waals surface area contributed by atoms with E-state index >= 15 is 0 Å². The summed E-state index contributed by atoms with van der Waals surface area (Å²) < 4.78 is 67.2. The normalized spacial score (nSPS) is 16.2. The van der Waals surface area contributed by atoms with Crippen molar-refractivity contribution in [2.75, 3.05) is 11.0 Å². The Morgan fingerprint density at radius 3 is 2.53 bits per heavy atom. The molecule has 1 aromatic heterocycles. The zero-order chi connectivity index (χ0) is 14.3. The SMILES string of the molecule is CS(=O)(=O)Nc1cc(C(F)(F)F)ncc1OC1CC1. The van der Waals surface area contributed by atoms with E-state index in [1.807, 2.05) is 4.72 Å². The van der Waals surface area contributed by atoms with Crippen LogP contribution in [0.4, 0.5) is 18.9 Å². The minimum atomic E-state index is -4.65. The van der Waals surface area contributed by atoms with E-state index in [0.29, 0.717) is 6.07 Å². The molecule has 1 saturated carbocycles. The minimum absolute atomic E-state index is 0.000856. The molecule has 0 amide bonds. The lowest BCUT2D eigenvalue weighted by Gasteiger charge is -2.14. The zero-order valence-electron chi connectivity index (χ0n) is 9.86. The van der Waals surface area contributed by atoms with Crippen LogP contribution >= 0.6 is 0 Å². The maximum absolute atomic E-state index is 12.5. The first kappa shape index (κ1) is 13.9. The molecule has 1 heterocycles. The second-order valence-corrected chi connectivity index (χ2v) is 6.00. The van der Waals surface area contributed by atoms with Gasteiger partial charge in [-0.05, 0) is 18.9 Å². The standard InChI is InChI=1S/C10H11F3N2O3S/c1-19(16,17)15-7-4-9(10(11,12)13)14-5-8(7)18-6-2-3-6/h4-6H,2-3H2,1H3,(H,14,15). The molecule has 5 nitrogen and oxygen atoms in total. The van der Waals surface area contributed by atoms with Gasteiger partial charge in [-0.2, -0.15) is 13.2 Å². The summed E-state index contributed by atoms with van der Waals surface area (Å²) >= 11 is 0. The molecule has 106 valence electrons. The van der Waals surface area contributed by atoms with Crippen molar-refractivity contribution in [2.45, 2.75) is 25.1 Å². The molecule has 0 aliphatic heterocycles. The Hall–Kier alpha value is -1.51. The number of aromatic nitrogens is 1. The van der Waals surface area contributed by atoms with Crippen molar-refractivity contribution in [3.8, 4) is 5.75 Å². The number of nitrogens with zero attached hydrogens (tertiary/aromatic N) is 1. The van der Waals surface area contributed by atoms with E-state index in [1.54, 1.807) is 0 Å². The molecule has 0 spiro atoms. The van der Waals surface area contributed by atoms with Crippen LogP contribution in [-0.4, -0.2) is 25.8 Å². The Morgan fingerprint density at radius 2 is 2.05 bits per heavy atom. The second kappa shape index (κ2) is 4.55. The number of nitrogens with one attached hydrogen (secondary N) is 1. The molecule has 1 aromatic rings. The molecule has 0 radical (unpaired) electrons. The average Bonchev–Trinajstić information content (AvgIpc) is 3.00. The first-order valence-electron chi connectivity index (χ1n) is 5.37. The first-order chi connectivity index (χ1) is 8.65. The topological polar surface area (TPSA) is 68.3 Å². The van der Waals surface area contributed by atoms with Crippen LogP contribution < -0.4 is 9.46 Å². The van der Waals surface area contributed by atoms with Crippen molar-refractivity contribution in [2.24, 2.45) is 0 Å². The van der Waals surface area contributed by atoms with Gasteiger partial charge in [-0.25, -0.2) is 13.4 Å². The summed E-state index contributed by atoms with van der Waals surface area (Å²) in [6.45, 7) is 0. The van der Waals surface area contributed by atoms with Gasteiger partial charge in [0.05, 0.1) is 24.2 Å². The molecule has 1 fully saturated rings. The molecule has 19 heavy (non-hydrogen) atoms. The van der Waals surface area contributed by atoms with E-state index in [1.165, 1.54) is 0 Å². The van der Waals surface area contributed by atoms with Crippen LogP contribution in [0.2, 0.25) is 0 Å². The van der Waals surface area contributed by atoms with Crippen molar-refractivity contribution in [1.29, 1.82) is 0 Å². The van der Waals surface area contributed by atoms with Crippen LogP contribution in [0, 0.1) is 0 Å². The first-order valence-corrected chi connectivity index (χ1v) is 7.26. The summed E-state index contributed by atoms with van der Waals surface area (Å²) in [5.74, 6) is 0.000856. The van der Waals surface area contributed by atoms with Crippen LogP contribution in [0.1, 0.15) is 18.5 Å². The molecule has 0 aromatic carbocycles. The predicted molar refractivity (Wildman–Crippen MR) is 61.4 cm³/mol. The summed E-state index contributed by atoms with van der Waals surface area (Å²) in [6, 6.07) is 0.624. The number of halogens is 3. The van der Waals surface area contributed by atoms with Crippen LogP contribution in [0.15, 0.2) is 12.3 Å². The number of pyridine rings is 1.